The molecular formula is C15H17F3N2O3. The largest absolute Gasteiger partial charge is 0.465 e. The molecule has 2 rings (SSSR count). The van der Waals surface area contributed by atoms with Gasteiger partial charge in [-0.1, -0.05) is 6.07 Å². The monoisotopic (exact) mass is 330 g/mol. The molecule has 1 saturated heterocycles. The summed E-state index contributed by atoms with van der Waals surface area (Å²) in [6.45, 7) is 0.541. The molecule has 1 atom stereocenters. The Morgan fingerprint density at radius 1 is 1.43 bits per heavy atom. The predicted molar refractivity (Wildman–Crippen MR) is 77.2 cm³/mol. The maximum atomic E-state index is 12.4. The molecule has 1 fully saturated rings. The van der Waals surface area contributed by atoms with Crippen LogP contribution in [0.1, 0.15) is 22.3 Å². The normalized spacial score (nSPS) is 18.2. The van der Waals surface area contributed by atoms with Gasteiger partial charge in [-0.3, -0.25) is 4.79 Å². The van der Waals surface area contributed by atoms with Crippen molar-refractivity contribution < 1.29 is 27.5 Å². The van der Waals surface area contributed by atoms with Crippen LogP contribution in [0.25, 0.3) is 0 Å². The van der Waals surface area contributed by atoms with Gasteiger partial charge in [0.25, 0.3) is 0 Å². The van der Waals surface area contributed by atoms with E-state index in [1.807, 2.05) is 0 Å². The fraction of sp³-hybridized carbons (Fsp3) is 0.467. The second-order valence-corrected chi connectivity index (χ2v) is 5.38. The van der Waals surface area contributed by atoms with Gasteiger partial charge in [-0.05, 0) is 31.0 Å². The van der Waals surface area contributed by atoms with Gasteiger partial charge in [0.05, 0.1) is 12.7 Å². The van der Waals surface area contributed by atoms with Crippen molar-refractivity contribution in [1.82, 2.24) is 4.90 Å². The number of esters is 1. The lowest BCUT2D eigenvalue weighted by atomic mass is 10.1. The molecule has 0 aliphatic carbocycles. The Morgan fingerprint density at radius 3 is 2.74 bits per heavy atom. The Morgan fingerprint density at radius 2 is 2.13 bits per heavy atom. The Hall–Kier alpha value is -2.25. The second-order valence-electron chi connectivity index (χ2n) is 5.38. The molecule has 1 aliphatic heterocycles. The van der Waals surface area contributed by atoms with Crippen LogP contribution in [0.5, 0.6) is 0 Å². The molecule has 0 unspecified atom stereocenters. The minimum Gasteiger partial charge on any atom is -0.465 e. The van der Waals surface area contributed by atoms with Crippen LogP contribution in [0.3, 0.4) is 0 Å². The molecule has 1 aromatic rings. The van der Waals surface area contributed by atoms with Crippen molar-refractivity contribution in [1.29, 1.82) is 0 Å². The third-order valence-electron chi connectivity index (χ3n) is 3.65. The number of carbonyl (C=O) groups is 2. The van der Waals surface area contributed by atoms with Crippen molar-refractivity contribution in [3.8, 4) is 0 Å². The van der Waals surface area contributed by atoms with Crippen molar-refractivity contribution in [2.75, 3.05) is 25.5 Å². The minimum atomic E-state index is -4.41. The predicted octanol–water partition coefficient (Wildman–Crippen LogP) is 2.36. The molecule has 23 heavy (non-hydrogen) atoms. The summed E-state index contributed by atoms with van der Waals surface area (Å²) >= 11 is 0. The number of amides is 1. The summed E-state index contributed by atoms with van der Waals surface area (Å²) in [5, 5.41) is 2.89. The number of nitrogens with one attached hydrogen (secondary N) is 1. The number of ether oxygens (including phenoxy) is 1. The highest BCUT2D eigenvalue weighted by Gasteiger charge is 2.39. The van der Waals surface area contributed by atoms with E-state index in [9.17, 15) is 22.8 Å². The summed E-state index contributed by atoms with van der Waals surface area (Å²) in [7, 11) is 1.26. The SMILES string of the molecule is COC(=O)c1cc(N[C@H]2CCN(CC(F)(F)F)C2=O)ccc1C. The van der Waals surface area contributed by atoms with E-state index >= 15 is 0 Å². The number of methoxy groups -OCH3 is 1. The Balaban J connectivity index is 2.09. The zero-order chi connectivity index (χ0) is 17.2. The van der Waals surface area contributed by atoms with Gasteiger partial charge in [0.15, 0.2) is 0 Å². The first-order valence-corrected chi connectivity index (χ1v) is 7.02. The maximum Gasteiger partial charge on any atom is 0.406 e. The highest BCUT2D eigenvalue weighted by Crippen LogP contribution is 2.24. The molecule has 0 aromatic heterocycles. The molecule has 1 aromatic carbocycles. The van der Waals surface area contributed by atoms with Gasteiger partial charge >= 0.3 is 12.1 Å². The molecule has 0 saturated carbocycles. The van der Waals surface area contributed by atoms with E-state index in [4.69, 9.17) is 0 Å². The maximum absolute atomic E-state index is 12.4. The summed E-state index contributed by atoms with van der Waals surface area (Å²) in [6.07, 6.45) is -4.14. The number of rotatable bonds is 4. The zero-order valence-corrected chi connectivity index (χ0v) is 12.7. The second kappa shape index (κ2) is 6.47. The Bertz CT molecular complexity index is 616. The number of hydrogen-bond acceptors (Lipinski definition) is 4. The molecular weight excluding hydrogens is 313 g/mol. The summed E-state index contributed by atoms with van der Waals surface area (Å²) in [6, 6.07) is 4.15. The molecule has 0 radical (unpaired) electrons. The molecule has 5 nitrogen and oxygen atoms in total. The summed E-state index contributed by atoms with van der Waals surface area (Å²) < 4.78 is 41.9. The van der Waals surface area contributed by atoms with Crippen LogP contribution in [0, 0.1) is 6.92 Å². The van der Waals surface area contributed by atoms with E-state index in [2.05, 4.69) is 10.1 Å². The standard InChI is InChI=1S/C15H17F3N2O3/c1-9-3-4-10(7-11(9)14(22)23-2)19-12-5-6-20(13(12)21)8-15(16,17)18/h3-4,7,12,19H,5-6,8H2,1-2H3/t12-/m0/s1. The lowest BCUT2D eigenvalue weighted by Gasteiger charge is -2.19. The first-order valence-electron chi connectivity index (χ1n) is 7.02. The van der Waals surface area contributed by atoms with E-state index < -0.39 is 30.6 Å². The third-order valence-corrected chi connectivity index (χ3v) is 3.65. The van der Waals surface area contributed by atoms with Gasteiger partial charge in [-0.2, -0.15) is 13.2 Å². The molecule has 1 aliphatic rings. The number of hydrogen-bond donors (Lipinski definition) is 1. The number of nitrogens with zero attached hydrogens (tertiary/aromatic N) is 1. The van der Waals surface area contributed by atoms with Crippen molar-refractivity contribution in [3.63, 3.8) is 0 Å². The van der Waals surface area contributed by atoms with Crippen LogP contribution >= 0.6 is 0 Å². The Kier molecular flexibility index (Phi) is 4.82. The molecule has 1 heterocycles. The lowest BCUT2D eigenvalue weighted by Crippen LogP contribution is -2.39. The molecule has 126 valence electrons. The fourth-order valence-electron chi connectivity index (χ4n) is 2.49. The number of carbonyl (C=O) groups excluding carboxylic acids is 2. The average Bonchev–Trinajstić information content (AvgIpc) is 2.79. The number of aryl methyl sites for hydroxylation is 1. The van der Waals surface area contributed by atoms with Crippen LogP contribution < -0.4 is 5.32 Å². The van der Waals surface area contributed by atoms with E-state index in [1.165, 1.54) is 13.2 Å². The van der Waals surface area contributed by atoms with Crippen LogP contribution in [0.15, 0.2) is 18.2 Å². The van der Waals surface area contributed by atoms with Crippen LogP contribution in [-0.2, 0) is 9.53 Å². The van der Waals surface area contributed by atoms with Crippen molar-refractivity contribution in [2.24, 2.45) is 0 Å². The van der Waals surface area contributed by atoms with Gasteiger partial charge in [0.1, 0.15) is 12.6 Å². The fourth-order valence-corrected chi connectivity index (χ4v) is 2.49. The summed E-state index contributed by atoms with van der Waals surface area (Å²) in [5.41, 5.74) is 1.54. The van der Waals surface area contributed by atoms with Crippen LogP contribution in [-0.4, -0.2) is 49.2 Å². The first kappa shape index (κ1) is 17.1. The lowest BCUT2D eigenvalue weighted by molar-refractivity contribution is -0.157. The van der Waals surface area contributed by atoms with Gasteiger partial charge in [-0.25, -0.2) is 4.79 Å². The number of likely N-dealkylation sites (tertiary alicyclic amines) is 1. The smallest absolute Gasteiger partial charge is 0.406 e. The number of anilines is 1. The van der Waals surface area contributed by atoms with Crippen molar-refractivity contribution in [3.05, 3.63) is 29.3 Å². The molecule has 0 spiro atoms. The van der Waals surface area contributed by atoms with E-state index in [0.29, 0.717) is 16.8 Å². The van der Waals surface area contributed by atoms with E-state index in [1.54, 1.807) is 19.1 Å². The first-order chi connectivity index (χ1) is 10.7. The number of halogens is 3. The number of benzene rings is 1. The summed E-state index contributed by atoms with van der Waals surface area (Å²) in [4.78, 5) is 24.4. The number of alkyl halides is 3. The van der Waals surface area contributed by atoms with Gasteiger partial charge in [0, 0.05) is 12.2 Å². The average molecular weight is 330 g/mol. The quantitative estimate of drug-likeness (QED) is 0.861. The highest BCUT2D eigenvalue weighted by molar-refractivity contribution is 5.92. The van der Waals surface area contributed by atoms with E-state index in [0.717, 1.165) is 4.90 Å². The Labute approximate surface area is 131 Å². The van der Waals surface area contributed by atoms with Gasteiger partial charge < -0.3 is 15.0 Å². The molecule has 1 N–H and O–H groups in total. The van der Waals surface area contributed by atoms with Gasteiger partial charge in [0.2, 0.25) is 5.91 Å². The topological polar surface area (TPSA) is 58.6 Å². The van der Waals surface area contributed by atoms with Crippen LogP contribution in [0.4, 0.5) is 18.9 Å². The minimum absolute atomic E-state index is 0.0474. The van der Waals surface area contributed by atoms with E-state index in [-0.39, 0.29) is 13.0 Å². The molecule has 0 bridgehead atoms. The van der Waals surface area contributed by atoms with Crippen molar-refractivity contribution >= 4 is 17.6 Å². The van der Waals surface area contributed by atoms with Crippen molar-refractivity contribution in [2.45, 2.75) is 25.6 Å². The highest BCUT2D eigenvalue weighted by atomic mass is 19.4. The van der Waals surface area contributed by atoms with Crippen LogP contribution in [0.2, 0.25) is 0 Å². The molecule has 1 amide bonds. The molecule has 8 heteroatoms. The zero-order valence-electron chi connectivity index (χ0n) is 12.7. The third kappa shape index (κ3) is 4.14. The van der Waals surface area contributed by atoms with Gasteiger partial charge in [-0.15, -0.1) is 0 Å². The summed E-state index contributed by atoms with van der Waals surface area (Å²) in [5.74, 6) is -1.11.